The van der Waals surface area contributed by atoms with Gasteiger partial charge in [0.1, 0.15) is 0 Å². The number of amides is 1. The topological polar surface area (TPSA) is 41.6 Å². The van der Waals surface area contributed by atoms with Crippen LogP contribution in [0.15, 0.2) is 24.3 Å². The van der Waals surface area contributed by atoms with E-state index in [1.165, 1.54) is 0 Å². The van der Waals surface area contributed by atoms with E-state index in [4.69, 9.17) is 4.74 Å². The molecule has 2 fully saturated rings. The standard InChI is InChI=1S/C20H27F3N2O2/c1-14-12-25(10-11-27-14)13-15-2-4-16(5-3-15)19(26)24-18-8-6-17(7-9-18)20(21,22)23/h2-5,14,17-18H,6-13H2,1H3,(H,24,26). The van der Waals surface area contributed by atoms with Gasteiger partial charge in [-0.1, -0.05) is 12.1 Å². The minimum atomic E-state index is -4.12. The minimum Gasteiger partial charge on any atom is -0.376 e. The van der Waals surface area contributed by atoms with Crippen molar-refractivity contribution in [3.05, 3.63) is 35.4 Å². The van der Waals surface area contributed by atoms with Crippen molar-refractivity contribution in [1.29, 1.82) is 0 Å². The molecule has 1 aliphatic carbocycles. The maximum atomic E-state index is 12.7. The largest absolute Gasteiger partial charge is 0.391 e. The van der Waals surface area contributed by atoms with Gasteiger partial charge < -0.3 is 10.1 Å². The molecular formula is C20H27F3N2O2. The van der Waals surface area contributed by atoms with Crippen LogP contribution < -0.4 is 5.32 Å². The molecule has 0 spiro atoms. The number of halogens is 3. The summed E-state index contributed by atoms with van der Waals surface area (Å²) in [5.74, 6) is -1.44. The second kappa shape index (κ2) is 8.61. The molecule has 27 heavy (non-hydrogen) atoms. The number of rotatable bonds is 4. The Hall–Kier alpha value is -1.60. The maximum Gasteiger partial charge on any atom is 0.391 e. The van der Waals surface area contributed by atoms with Gasteiger partial charge in [-0.2, -0.15) is 13.2 Å². The lowest BCUT2D eigenvalue weighted by Crippen LogP contribution is -2.40. The fourth-order valence-corrected chi connectivity index (χ4v) is 3.89. The highest BCUT2D eigenvalue weighted by molar-refractivity contribution is 5.94. The van der Waals surface area contributed by atoms with Crippen LogP contribution in [0, 0.1) is 5.92 Å². The van der Waals surface area contributed by atoms with Crippen molar-refractivity contribution in [1.82, 2.24) is 10.2 Å². The number of ether oxygens (including phenoxy) is 1. The Bertz CT molecular complexity index is 625. The van der Waals surface area contributed by atoms with Crippen molar-refractivity contribution in [3.63, 3.8) is 0 Å². The highest BCUT2D eigenvalue weighted by atomic mass is 19.4. The molecule has 1 amide bonds. The Kier molecular flexibility index (Phi) is 6.42. The molecule has 1 heterocycles. The normalized spacial score (nSPS) is 27.3. The molecule has 7 heteroatoms. The summed E-state index contributed by atoms with van der Waals surface area (Å²) in [6.07, 6.45) is -2.96. The summed E-state index contributed by atoms with van der Waals surface area (Å²) in [6, 6.07) is 7.28. The van der Waals surface area contributed by atoms with Crippen molar-refractivity contribution in [2.45, 2.75) is 57.5 Å². The number of nitrogens with one attached hydrogen (secondary N) is 1. The Morgan fingerprint density at radius 2 is 1.85 bits per heavy atom. The van der Waals surface area contributed by atoms with E-state index in [9.17, 15) is 18.0 Å². The first-order valence-electron chi connectivity index (χ1n) is 9.61. The van der Waals surface area contributed by atoms with Crippen molar-refractivity contribution in [2.75, 3.05) is 19.7 Å². The zero-order valence-electron chi connectivity index (χ0n) is 15.6. The van der Waals surface area contributed by atoms with Crippen LogP contribution in [0.2, 0.25) is 0 Å². The zero-order chi connectivity index (χ0) is 19.4. The molecule has 1 N–H and O–H groups in total. The Morgan fingerprint density at radius 1 is 1.19 bits per heavy atom. The predicted molar refractivity (Wildman–Crippen MR) is 96.4 cm³/mol. The molecule has 0 aromatic heterocycles. The molecule has 0 bridgehead atoms. The molecule has 2 aliphatic rings. The molecule has 1 aliphatic heterocycles. The second-order valence-electron chi connectivity index (χ2n) is 7.68. The lowest BCUT2D eigenvalue weighted by atomic mass is 9.85. The van der Waals surface area contributed by atoms with Crippen molar-refractivity contribution < 1.29 is 22.7 Å². The molecular weight excluding hydrogens is 357 g/mol. The van der Waals surface area contributed by atoms with Gasteiger partial charge in [-0.3, -0.25) is 9.69 Å². The zero-order valence-corrected chi connectivity index (χ0v) is 15.6. The Balaban J connectivity index is 1.48. The van der Waals surface area contributed by atoms with Gasteiger partial charge in [0.2, 0.25) is 0 Å². The summed E-state index contributed by atoms with van der Waals surface area (Å²) in [5, 5.41) is 2.88. The number of morpholine rings is 1. The highest BCUT2D eigenvalue weighted by Crippen LogP contribution is 2.37. The number of alkyl halides is 3. The first-order valence-corrected chi connectivity index (χ1v) is 9.61. The van der Waals surface area contributed by atoms with E-state index < -0.39 is 12.1 Å². The molecule has 0 radical (unpaired) electrons. The fourth-order valence-electron chi connectivity index (χ4n) is 3.89. The van der Waals surface area contributed by atoms with Crippen LogP contribution in [0.3, 0.4) is 0 Å². The molecule has 4 nitrogen and oxygen atoms in total. The van der Waals surface area contributed by atoms with Crippen molar-refractivity contribution in [2.24, 2.45) is 5.92 Å². The summed E-state index contributed by atoms with van der Waals surface area (Å²) < 4.78 is 43.7. The average Bonchev–Trinajstić information content (AvgIpc) is 2.62. The Morgan fingerprint density at radius 3 is 2.44 bits per heavy atom. The molecule has 1 aromatic rings. The lowest BCUT2D eigenvalue weighted by molar-refractivity contribution is -0.182. The predicted octanol–water partition coefficient (Wildman–Crippen LogP) is 3.76. The van der Waals surface area contributed by atoms with Gasteiger partial charge in [-0.25, -0.2) is 0 Å². The van der Waals surface area contributed by atoms with E-state index in [0.29, 0.717) is 18.4 Å². The van der Waals surface area contributed by atoms with Crippen LogP contribution in [0.4, 0.5) is 13.2 Å². The van der Waals surface area contributed by atoms with Gasteiger partial charge in [-0.15, -0.1) is 0 Å². The Labute approximate surface area is 158 Å². The fraction of sp³-hybridized carbons (Fsp3) is 0.650. The lowest BCUT2D eigenvalue weighted by Gasteiger charge is -2.31. The summed E-state index contributed by atoms with van der Waals surface area (Å²) >= 11 is 0. The van der Waals surface area contributed by atoms with Crippen molar-refractivity contribution in [3.8, 4) is 0 Å². The van der Waals surface area contributed by atoms with E-state index in [2.05, 4.69) is 17.1 Å². The van der Waals surface area contributed by atoms with Crippen LogP contribution in [-0.4, -0.2) is 48.8 Å². The first-order chi connectivity index (χ1) is 12.8. The van der Waals surface area contributed by atoms with E-state index >= 15 is 0 Å². The SMILES string of the molecule is CC1CN(Cc2ccc(C(=O)NC3CCC(C(F)(F)F)CC3)cc2)CCO1. The molecule has 1 atom stereocenters. The third kappa shape index (κ3) is 5.69. The van der Waals surface area contributed by atoms with E-state index in [1.807, 2.05) is 12.1 Å². The smallest absolute Gasteiger partial charge is 0.376 e. The summed E-state index contributed by atoms with van der Waals surface area (Å²) in [5.41, 5.74) is 1.68. The summed E-state index contributed by atoms with van der Waals surface area (Å²) in [6.45, 7) is 5.40. The van der Waals surface area contributed by atoms with Gasteiger partial charge in [0.05, 0.1) is 18.6 Å². The number of hydrogen-bond acceptors (Lipinski definition) is 3. The maximum absolute atomic E-state index is 12.7. The number of carbonyl (C=O) groups is 1. The number of benzene rings is 1. The van der Waals surface area contributed by atoms with Gasteiger partial charge in [-0.05, 0) is 50.3 Å². The summed E-state index contributed by atoms with van der Waals surface area (Å²) in [4.78, 5) is 14.7. The molecule has 1 aromatic carbocycles. The van der Waals surface area contributed by atoms with Gasteiger partial charge in [0.25, 0.3) is 5.91 Å². The van der Waals surface area contributed by atoms with Crippen LogP contribution >= 0.6 is 0 Å². The van der Waals surface area contributed by atoms with Gasteiger partial charge in [0.15, 0.2) is 0 Å². The molecule has 1 saturated heterocycles. The molecule has 150 valence electrons. The number of nitrogens with zero attached hydrogens (tertiary/aromatic N) is 1. The van der Waals surface area contributed by atoms with E-state index in [1.54, 1.807) is 12.1 Å². The van der Waals surface area contributed by atoms with Gasteiger partial charge in [0, 0.05) is 31.2 Å². The number of hydrogen-bond donors (Lipinski definition) is 1. The van der Waals surface area contributed by atoms with Crippen molar-refractivity contribution >= 4 is 5.91 Å². The second-order valence-corrected chi connectivity index (χ2v) is 7.68. The van der Waals surface area contributed by atoms with E-state index in [-0.39, 0.29) is 30.9 Å². The van der Waals surface area contributed by atoms with Crippen LogP contribution in [-0.2, 0) is 11.3 Å². The highest BCUT2D eigenvalue weighted by Gasteiger charge is 2.41. The first kappa shape index (κ1) is 20.1. The minimum absolute atomic E-state index is 0.0886. The van der Waals surface area contributed by atoms with Crippen LogP contribution in [0.5, 0.6) is 0 Å². The van der Waals surface area contributed by atoms with Gasteiger partial charge >= 0.3 is 6.18 Å². The monoisotopic (exact) mass is 384 g/mol. The third-order valence-corrected chi connectivity index (χ3v) is 5.47. The molecule has 3 rings (SSSR count). The number of carbonyl (C=O) groups excluding carboxylic acids is 1. The average molecular weight is 384 g/mol. The molecule has 1 saturated carbocycles. The summed E-state index contributed by atoms with van der Waals surface area (Å²) in [7, 11) is 0. The quantitative estimate of drug-likeness (QED) is 0.860. The van der Waals surface area contributed by atoms with E-state index in [0.717, 1.165) is 31.8 Å². The molecule has 1 unspecified atom stereocenters. The van der Waals surface area contributed by atoms with Crippen LogP contribution in [0.1, 0.15) is 48.5 Å². The third-order valence-electron chi connectivity index (χ3n) is 5.47. The van der Waals surface area contributed by atoms with Crippen LogP contribution in [0.25, 0.3) is 0 Å².